The highest BCUT2D eigenvalue weighted by atomic mass is 35.5. The van der Waals surface area contributed by atoms with Crippen molar-refractivity contribution in [3.8, 4) is 11.4 Å². The van der Waals surface area contributed by atoms with Crippen molar-refractivity contribution >= 4 is 34.0 Å². The molecule has 4 aromatic rings. The lowest BCUT2D eigenvalue weighted by atomic mass is 10.1. The van der Waals surface area contributed by atoms with Crippen LogP contribution < -0.4 is 9.80 Å². The van der Waals surface area contributed by atoms with Crippen LogP contribution in [-0.4, -0.2) is 36.1 Å². The van der Waals surface area contributed by atoms with Crippen molar-refractivity contribution in [3.05, 3.63) is 83.6 Å². The largest absolute Gasteiger partial charge is 0.368 e. The molecule has 0 aliphatic carbocycles. The Morgan fingerprint density at radius 1 is 0.733 bits per heavy atom. The number of benzene rings is 3. The van der Waals surface area contributed by atoms with Crippen molar-refractivity contribution in [3.63, 3.8) is 0 Å². The van der Waals surface area contributed by atoms with Gasteiger partial charge in [-0.3, -0.25) is 0 Å². The first-order chi connectivity index (χ1) is 14.7. The van der Waals surface area contributed by atoms with E-state index in [4.69, 9.17) is 21.6 Å². The van der Waals surface area contributed by atoms with Crippen molar-refractivity contribution in [2.24, 2.45) is 0 Å². The molecule has 1 aromatic heterocycles. The predicted molar refractivity (Wildman–Crippen MR) is 121 cm³/mol. The third-order valence-electron chi connectivity index (χ3n) is 5.47. The summed E-state index contributed by atoms with van der Waals surface area (Å²) >= 11 is 6.42. The van der Waals surface area contributed by atoms with Gasteiger partial charge in [-0.1, -0.05) is 35.9 Å². The Kier molecular flexibility index (Phi) is 4.97. The fourth-order valence-corrected chi connectivity index (χ4v) is 4.11. The van der Waals surface area contributed by atoms with Gasteiger partial charge in [-0.2, -0.15) is 0 Å². The lowest BCUT2D eigenvalue weighted by molar-refractivity contribution is 0.624. The summed E-state index contributed by atoms with van der Waals surface area (Å²) in [6.45, 7) is 3.32. The first-order valence-corrected chi connectivity index (χ1v) is 10.3. The van der Waals surface area contributed by atoms with E-state index in [9.17, 15) is 4.39 Å². The fraction of sp³-hybridized carbons (Fsp3) is 0.167. The van der Waals surface area contributed by atoms with E-state index in [1.54, 1.807) is 0 Å². The third kappa shape index (κ3) is 3.57. The van der Waals surface area contributed by atoms with Gasteiger partial charge in [0.05, 0.1) is 10.5 Å². The van der Waals surface area contributed by atoms with E-state index in [1.807, 2.05) is 54.6 Å². The molecule has 1 saturated heterocycles. The van der Waals surface area contributed by atoms with Crippen molar-refractivity contribution in [1.29, 1.82) is 0 Å². The van der Waals surface area contributed by atoms with Gasteiger partial charge in [-0.05, 0) is 48.5 Å². The number of anilines is 2. The summed E-state index contributed by atoms with van der Waals surface area (Å²) in [5, 5.41) is 1.67. The Morgan fingerprint density at radius 3 is 2.17 bits per heavy atom. The molecule has 0 saturated carbocycles. The molecule has 1 fully saturated rings. The average Bonchev–Trinajstić information content (AvgIpc) is 2.79. The maximum absolute atomic E-state index is 13.2. The molecule has 6 heteroatoms. The molecule has 0 bridgehead atoms. The molecule has 5 rings (SSSR count). The van der Waals surface area contributed by atoms with Gasteiger partial charge in [-0.25, -0.2) is 14.4 Å². The second kappa shape index (κ2) is 7.92. The summed E-state index contributed by atoms with van der Waals surface area (Å²) in [6.07, 6.45) is 0. The molecule has 0 radical (unpaired) electrons. The number of nitrogens with zero attached hydrogens (tertiary/aromatic N) is 4. The second-order valence-electron chi connectivity index (χ2n) is 7.32. The summed E-state index contributed by atoms with van der Waals surface area (Å²) in [4.78, 5) is 14.3. The van der Waals surface area contributed by atoms with Gasteiger partial charge in [0, 0.05) is 42.8 Å². The van der Waals surface area contributed by atoms with Crippen LogP contribution in [0.2, 0.25) is 5.02 Å². The number of para-hydroxylation sites is 1. The first-order valence-electron chi connectivity index (χ1n) is 9.96. The van der Waals surface area contributed by atoms with E-state index < -0.39 is 0 Å². The second-order valence-corrected chi connectivity index (χ2v) is 7.73. The van der Waals surface area contributed by atoms with Crippen LogP contribution in [0.5, 0.6) is 0 Å². The highest BCUT2D eigenvalue weighted by Crippen LogP contribution is 2.31. The molecule has 3 aromatic carbocycles. The number of fused-ring (bicyclic) bond motifs is 1. The Morgan fingerprint density at radius 2 is 1.40 bits per heavy atom. The molecular formula is C24H20ClFN4. The molecule has 1 aliphatic rings. The summed E-state index contributed by atoms with van der Waals surface area (Å²) < 4.78 is 13.2. The van der Waals surface area contributed by atoms with Crippen LogP contribution in [-0.2, 0) is 0 Å². The maximum atomic E-state index is 13.2. The maximum Gasteiger partial charge on any atom is 0.163 e. The lowest BCUT2D eigenvalue weighted by Crippen LogP contribution is -2.47. The van der Waals surface area contributed by atoms with Crippen LogP contribution >= 0.6 is 11.6 Å². The Labute approximate surface area is 179 Å². The summed E-state index contributed by atoms with van der Waals surface area (Å²) in [5.74, 6) is 1.35. The predicted octanol–water partition coefficient (Wildman–Crippen LogP) is 5.42. The van der Waals surface area contributed by atoms with Gasteiger partial charge in [0.25, 0.3) is 0 Å². The Hall–Kier alpha value is -3.18. The van der Waals surface area contributed by atoms with Crippen LogP contribution in [0.3, 0.4) is 0 Å². The molecule has 0 spiro atoms. The van der Waals surface area contributed by atoms with Gasteiger partial charge in [0.1, 0.15) is 11.6 Å². The van der Waals surface area contributed by atoms with Crippen LogP contribution in [0.1, 0.15) is 0 Å². The van der Waals surface area contributed by atoms with E-state index in [1.165, 1.54) is 12.1 Å². The quantitative estimate of drug-likeness (QED) is 0.445. The minimum Gasteiger partial charge on any atom is -0.368 e. The summed E-state index contributed by atoms with van der Waals surface area (Å²) in [7, 11) is 0. The molecule has 2 heterocycles. The van der Waals surface area contributed by atoms with Gasteiger partial charge in [0.15, 0.2) is 5.82 Å². The minimum atomic E-state index is -0.211. The number of hydrogen-bond donors (Lipinski definition) is 0. The van der Waals surface area contributed by atoms with E-state index in [0.29, 0.717) is 10.8 Å². The zero-order valence-corrected chi connectivity index (χ0v) is 17.1. The molecule has 4 nitrogen and oxygen atoms in total. The van der Waals surface area contributed by atoms with Crippen LogP contribution in [0.4, 0.5) is 15.9 Å². The number of halogens is 2. The zero-order chi connectivity index (χ0) is 20.5. The molecule has 150 valence electrons. The highest BCUT2D eigenvalue weighted by Gasteiger charge is 2.22. The molecule has 1 aliphatic heterocycles. The van der Waals surface area contributed by atoms with Gasteiger partial charge < -0.3 is 9.80 Å². The molecule has 0 atom stereocenters. The molecule has 0 amide bonds. The van der Waals surface area contributed by atoms with Crippen molar-refractivity contribution in [1.82, 2.24) is 9.97 Å². The van der Waals surface area contributed by atoms with Crippen LogP contribution in [0.15, 0.2) is 72.8 Å². The van der Waals surface area contributed by atoms with E-state index in [-0.39, 0.29) is 5.82 Å². The van der Waals surface area contributed by atoms with Crippen LogP contribution in [0.25, 0.3) is 22.3 Å². The number of rotatable bonds is 3. The monoisotopic (exact) mass is 418 g/mol. The number of hydrogen-bond acceptors (Lipinski definition) is 4. The highest BCUT2D eigenvalue weighted by molar-refractivity contribution is 6.33. The smallest absolute Gasteiger partial charge is 0.163 e. The lowest BCUT2D eigenvalue weighted by Gasteiger charge is -2.37. The van der Waals surface area contributed by atoms with Crippen LogP contribution in [0, 0.1) is 5.82 Å². The standard InChI is InChI=1S/C24H20ClFN4/c25-21-7-3-1-5-19(21)23-27-22-8-4-2-6-20(22)24(28-23)30-15-13-29(14-16-30)18-11-9-17(26)10-12-18/h1-12H,13-16H2. The van der Waals surface area contributed by atoms with Crippen molar-refractivity contribution in [2.75, 3.05) is 36.0 Å². The third-order valence-corrected chi connectivity index (χ3v) is 5.80. The fourth-order valence-electron chi connectivity index (χ4n) is 3.89. The first kappa shape index (κ1) is 18.8. The molecule has 0 unspecified atom stereocenters. The normalized spacial score (nSPS) is 14.3. The molecular weight excluding hydrogens is 399 g/mol. The van der Waals surface area contributed by atoms with Gasteiger partial charge in [0.2, 0.25) is 0 Å². The van der Waals surface area contributed by atoms with Gasteiger partial charge >= 0.3 is 0 Å². The number of piperazine rings is 1. The zero-order valence-electron chi connectivity index (χ0n) is 16.3. The molecule has 0 N–H and O–H groups in total. The van der Waals surface area contributed by atoms with Crippen molar-refractivity contribution < 1.29 is 4.39 Å². The SMILES string of the molecule is Fc1ccc(N2CCN(c3nc(-c4ccccc4Cl)nc4ccccc34)CC2)cc1. The number of aromatic nitrogens is 2. The van der Waals surface area contributed by atoms with Crippen molar-refractivity contribution in [2.45, 2.75) is 0 Å². The van der Waals surface area contributed by atoms with E-state index in [2.05, 4.69) is 15.9 Å². The Bertz CT molecular complexity index is 1190. The minimum absolute atomic E-state index is 0.211. The topological polar surface area (TPSA) is 32.3 Å². The van der Waals surface area contributed by atoms with Gasteiger partial charge in [-0.15, -0.1) is 0 Å². The molecule has 30 heavy (non-hydrogen) atoms. The van der Waals surface area contributed by atoms with E-state index >= 15 is 0 Å². The van der Waals surface area contributed by atoms with E-state index in [0.717, 1.165) is 54.2 Å². The summed E-state index contributed by atoms with van der Waals surface area (Å²) in [5.41, 5.74) is 2.77. The average molecular weight is 419 g/mol. The summed E-state index contributed by atoms with van der Waals surface area (Å²) in [6, 6.07) is 22.4. The Balaban J connectivity index is 1.48.